The van der Waals surface area contributed by atoms with Gasteiger partial charge >= 0.3 is 0 Å². The molecule has 1 aliphatic carbocycles. The van der Waals surface area contributed by atoms with E-state index in [0.717, 1.165) is 36.4 Å². The number of nitrogens with zero attached hydrogens (tertiary/aromatic N) is 1. The summed E-state index contributed by atoms with van der Waals surface area (Å²) >= 11 is 0.944. The van der Waals surface area contributed by atoms with Crippen molar-refractivity contribution in [1.82, 2.24) is 15.0 Å². The molecule has 1 heterocycles. The number of anilines is 1. The van der Waals surface area contributed by atoms with Crippen LogP contribution in [-0.4, -0.2) is 29.8 Å². The van der Waals surface area contributed by atoms with Crippen LogP contribution < -0.4 is 21.1 Å². The molecule has 4 N–H and O–H groups in total. The Kier molecular flexibility index (Phi) is 7.24. The van der Waals surface area contributed by atoms with Crippen molar-refractivity contribution in [3.8, 4) is 5.75 Å². The van der Waals surface area contributed by atoms with Crippen LogP contribution in [0.15, 0.2) is 35.9 Å². The molecular weight excluding hydrogens is 388 g/mol. The first-order valence-electron chi connectivity index (χ1n) is 9.71. The van der Waals surface area contributed by atoms with Crippen molar-refractivity contribution >= 4 is 29.0 Å². The Labute approximate surface area is 174 Å². The van der Waals surface area contributed by atoms with E-state index in [1.54, 1.807) is 7.11 Å². The summed E-state index contributed by atoms with van der Waals surface area (Å²) in [6.45, 7) is 0.864. The van der Waals surface area contributed by atoms with Gasteiger partial charge in [0.1, 0.15) is 10.6 Å². The van der Waals surface area contributed by atoms with Crippen LogP contribution >= 0.6 is 11.5 Å². The number of carbonyl (C=O) groups is 2. The summed E-state index contributed by atoms with van der Waals surface area (Å²) in [5, 5.41) is 5.65. The van der Waals surface area contributed by atoms with E-state index in [9.17, 15) is 9.59 Å². The lowest BCUT2D eigenvalue weighted by atomic mass is 9.97. The van der Waals surface area contributed by atoms with Gasteiger partial charge in [0.05, 0.1) is 12.8 Å². The SMILES string of the molecule is COc1cccc(CNC(=O)c2nsc(C(=O)NCCC3=CCCCC3)c2N)c1. The molecule has 0 unspecified atom stereocenters. The van der Waals surface area contributed by atoms with Crippen LogP contribution in [-0.2, 0) is 6.54 Å². The number of carbonyl (C=O) groups excluding carboxylic acids is 2. The van der Waals surface area contributed by atoms with Crippen molar-refractivity contribution in [1.29, 1.82) is 0 Å². The van der Waals surface area contributed by atoms with Crippen LogP contribution in [0, 0.1) is 0 Å². The van der Waals surface area contributed by atoms with E-state index in [-0.39, 0.29) is 22.2 Å². The lowest BCUT2D eigenvalue weighted by Crippen LogP contribution is -2.26. The van der Waals surface area contributed by atoms with Gasteiger partial charge in [0.2, 0.25) is 0 Å². The largest absolute Gasteiger partial charge is 0.497 e. The summed E-state index contributed by atoms with van der Waals surface area (Å²) < 4.78 is 9.26. The molecule has 0 saturated carbocycles. The summed E-state index contributed by atoms with van der Waals surface area (Å²) in [5.74, 6) is 0.0177. The fourth-order valence-electron chi connectivity index (χ4n) is 3.22. The number of ether oxygens (including phenoxy) is 1. The molecule has 7 nitrogen and oxygen atoms in total. The second kappa shape index (κ2) is 10.1. The highest BCUT2D eigenvalue weighted by atomic mass is 32.1. The van der Waals surface area contributed by atoms with Crippen LogP contribution in [0.5, 0.6) is 5.75 Å². The molecule has 0 bridgehead atoms. The Balaban J connectivity index is 1.53. The minimum Gasteiger partial charge on any atom is -0.497 e. The van der Waals surface area contributed by atoms with Crippen LogP contribution in [0.4, 0.5) is 5.69 Å². The molecule has 29 heavy (non-hydrogen) atoms. The summed E-state index contributed by atoms with van der Waals surface area (Å²) in [4.78, 5) is 25.1. The normalized spacial score (nSPS) is 13.5. The van der Waals surface area contributed by atoms with E-state index in [0.29, 0.717) is 18.8 Å². The van der Waals surface area contributed by atoms with E-state index < -0.39 is 5.91 Å². The van der Waals surface area contributed by atoms with Gasteiger partial charge in [0.15, 0.2) is 5.69 Å². The van der Waals surface area contributed by atoms with Gasteiger partial charge in [0.25, 0.3) is 11.8 Å². The Morgan fingerprint density at radius 2 is 2.10 bits per heavy atom. The van der Waals surface area contributed by atoms with Crippen molar-refractivity contribution in [3.05, 3.63) is 52.0 Å². The number of nitrogens with two attached hydrogens (primary N) is 1. The molecule has 0 fully saturated rings. The molecule has 1 aromatic carbocycles. The first-order chi connectivity index (χ1) is 14.1. The molecule has 2 aromatic rings. The minimum atomic E-state index is -0.409. The number of aromatic nitrogens is 1. The Morgan fingerprint density at radius 3 is 2.86 bits per heavy atom. The van der Waals surface area contributed by atoms with Gasteiger partial charge in [-0.15, -0.1) is 0 Å². The number of hydrogen-bond donors (Lipinski definition) is 3. The molecule has 0 radical (unpaired) electrons. The van der Waals surface area contributed by atoms with Crippen LogP contribution in [0.25, 0.3) is 0 Å². The fraction of sp³-hybridized carbons (Fsp3) is 0.381. The molecular formula is C21H26N4O3S. The Hall–Kier alpha value is -2.87. The van der Waals surface area contributed by atoms with E-state index in [4.69, 9.17) is 10.5 Å². The van der Waals surface area contributed by atoms with Gasteiger partial charge < -0.3 is 21.1 Å². The van der Waals surface area contributed by atoms with Gasteiger partial charge in [0, 0.05) is 13.1 Å². The molecule has 1 aromatic heterocycles. The monoisotopic (exact) mass is 414 g/mol. The average molecular weight is 415 g/mol. The van der Waals surface area contributed by atoms with E-state index in [2.05, 4.69) is 21.1 Å². The number of nitrogens with one attached hydrogen (secondary N) is 2. The van der Waals surface area contributed by atoms with Crippen molar-refractivity contribution in [2.45, 2.75) is 38.6 Å². The van der Waals surface area contributed by atoms with Gasteiger partial charge in [-0.25, -0.2) is 0 Å². The topological polar surface area (TPSA) is 106 Å². The van der Waals surface area contributed by atoms with Crippen LogP contribution in [0.3, 0.4) is 0 Å². The highest BCUT2D eigenvalue weighted by Crippen LogP contribution is 2.23. The number of rotatable bonds is 8. The number of allylic oxidation sites excluding steroid dienone is 1. The number of nitrogen functional groups attached to an aromatic ring is 1. The zero-order valence-electron chi connectivity index (χ0n) is 16.5. The standard InChI is InChI=1S/C21H26N4O3S/c1-28-16-9-5-8-15(12-16)13-24-20(26)18-17(22)19(29-25-18)21(27)23-11-10-14-6-3-2-4-7-14/h5-6,8-9,12H,2-4,7,10-11,13,22H2,1H3,(H,23,27)(H,24,26). The number of hydrogen-bond acceptors (Lipinski definition) is 6. The molecule has 0 spiro atoms. The molecule has 0 aliphatic heterocycles. The maximum absolute atomic E-state index is 12.4. The first-order valence-corrected chi connectivity index (χ1v) is 10.5. The maximum Gasteiger partial charge on any atom is 0.273 e. The lowest BCUT2D eigenvalue weighted by Gasteiger charge is -2.12. The van der Waals surface area contributed by atoms with Gasteiger partial charge in [-0.05, 0) is 61.3 Å². The van der Waals surface area contributed by atoms with Crippen molar-refractivity contribution in [3.63, 3.8) is 0 Å². The van der Waals surface area contributed by atoms with E-state index in [1.807, 2.05) is 24.3 Å². The maximum atomic E-state index is 12.4. The molecule has 0 saturated heterocycles. The van der Waals surface area contributed by atoms with Crippen LogP contribution in [0.1, 0.15) is 57.8 Å². The van der Waals surface area contributed by atoms with Crippen molar-refractivity contribution in [2.75, 3.05) is 19.4 Å². The molecule has 8 heteroatoms. The zero-order valence-corrected chi connectivity index (χ0v) is 17.3. The Morgan fingerprint density at radius 1 is 1.24 bits per heavy atom. The first kappa shape index (κ1) is 20.9. The van der Waals surface area contributed by atoms with Gasteiger partial charge in [-0.1, -0.05) is 23.8 Å². The van der Waals surface area contributed by atoms with Crippen molar-refractivity contribution < 1.29 is 14.3 Å². The predicted octanol–water partition coefficient (Wildman–Crippen LogP) is 3.28. The van der Waals surface area contributed by atoms with E-state index in [1.165, 1.54) is 18.4 Å². The second-order valence-electron chi connectivity index (χ2n) is 6.92. The molecule has 0 atom stereocenters. The number of amides is 2. The average Bonchev–Trinajstić information content (AvgIpc) is 3.14. The summed E-state index contributed by atoms with van der Waals surface area (Å²) in [6, 6.07) is 7.40. The predicted molar refractivity (Wildman–Crippen MR) is 114 cm³/mol. The zero-order chi connectivity index (χ0) is 20.6. The highest BCUT2D eigenvalue weighted by Gasteiger charge is 2.22. The quantitative estimate of drug-likeness (QED) is 0.575. The van der Waals surface area contributed by atoms with E-state index >= 15 is 0 Å². The second-order valence-corrected chi connectivity index (χ2v) is 7.70. The third-order valence-electron chi connectivity index (χ3n) is 4.85. The third kappa shape index (κ3) is 5.57. The van der Waals surface area contributed by atoms with Crippen molar-refractivity contribution in [2.24, 2.45) is 0 Å². The molecule has 2 amide bonds. The van der Waals surface area contributed by atoms with Gasteiger partial charge in [-0.2, -0.15) is 4.37 Å². The molecule has 1 aliphatic rings. The highest BCUT2D eigenvalue weighted by molar-refractivity contribution is 7.09. The minimum absolute atomic E-state index is 0.0815. The molecule has 154 valence electrons. The summed E-state index contributed by atoms with van der Waals surface area (Å²) in [6.07, 6.45) is 7.81. The Bertz CT molecular complexity index is 907. The fourth-order valence-corrected chi connectivity index (χ4v) is 3.94. The third-order valence-corrected chi connectivity index (χ3v) is 5.71. The number of benzene rings is 1. The lowest BCUT2D eigenvalue weighted by molar-refractivity contribution is 0.0947. The summed E-state index contributed by atoms with van der Waals surface area (Å²) in [5.41, 5.74) is 8.51. The smallest absolute Gasteiger partial charge is 0.273 e. The molecule has 3 rings (SSSR count). The van der Waals surface area contributed by atoms with Gasteiger partial charge in [-0.3, -0.25) is 9.59 Å². The number of methoxy groups -OCH3 is 1. The summed E-state index contributed by atoms with van der Waals surface area (Å²) in [7, 11) is 1.59. The van der Waals surface area contributed by atoms with Crippen LogP contribution in [0.2, 0.25) is 0 Å².